The van der Waals surface area contributed by atoms with Gasteiger partial charge in [-0.1, -0.05) is 23.7 Å². The van der Waals surface area contributed by atoms with Crippen LogP contribution < -0.4 is 9.47 Å². The van der Waals surface area contributed by atoms with Crippen molar-refractivity contribution < 1.29 is 36.9 Å². The van der Waals surface area contributed by atoms with Gasteiger partial charge in [-0.15, -0.1) is 23.1 Å². The van der Waals surface area contributed by atoms with Crippen molar-refractivity contribution in [3.8, 4) is 21.9 Å². The van der Waals surface area contributed by atoms with E-state index in [1.807, 2.05) is 6.07 Å². The van der Waals surface area contributed by atoms with E-state index in [9.17, 15) is 27.5 Å². The summed E-state index contributed by atoms with van der Waals surface area (Å²) >= 11 is 8.90. The minimum atomic E-state index is -4.60. The maximum Gasteiger partial charge on any atom is 0.395 e. The van der Waals surface area contributed by atoms with Gasteiger partial charge in [0, 0.05) is 26.5 Å². The number of carboxylic acid groups (broad SMARTS) is 1. The van der Waals surface area contributed by atoms with Crippen molar-refractivity contribution in [1.29, 1.82) is 0 Å². The lowest BCUT2D eigenvalue weighted by molar-refractivity contribution is -0.146. The second-order valence-corrected chi connectivity index (χ2v) is 12.1. The quantitative estimate of drug-likeness (QED) is 0.227. The lowest BCUT2D eigenvalue weighted by Gasteiger charge is -2.20. The Morgan fingerprint density at radius 3 is 2.58 bits per heavy atom. The Bertz CT molecular complexity index is 1310. The number of alkyl halides is 3. The number of thiophene rings is 1. The van der Waals surface area contributed by atoms with Crippen LogP contribution in [-0.2, 0) is 11.4 Å². The second kappa shape index (κ2) is 11.8. The van der Waals surface area contributed by atoms with E-state index in [2.05, 4.69) is 0 Å². The molecule has 0 aliphatic heterocycles. The Morgan fingerprint density at radius 1 is 1.21 bits per heavy atom. The minimum absolute atomic E-state index is 0.0378. The summed E-state index contributed by atoms with van der Waals surface area (Å²) in [6, 6.07) is 10.8. The fourth-order valence-corrected chi connectivity index (χ4v) is 6.96. The lowest BCUT2D eigenvalue weighted by Crippen LogP contribution is -2.19. The first kappa shape index (κ1) is 28.6. The normalized spacial score (nSPS) is 15.2. The van der Waals surface area contributed by atoms with E-state index in [1.54, 1.807) is 30.0 Å². The summed E-state index contributed by atoms with van der Waals surface area (Å²) in [7, 11) is 1.38. The fourth-order valence-electron chi connectivity index (χ4n) is 4.01. The topological polar surface area (TPSA) is 55.8 Å². The lowest BCUT2D eigenvalue weighted by atomic mass is 9.94. The van der Waals surface area contributed by atoms with Crippen molar-refractivity contribution in [3.05, 3.63) is 69.3 Å². The standard InChI is InChI=1S/C27H25ClF4O4S2/c1-14(27(30,31)32)24-20(26(28)38-25(24)19-11-16(35-2)6-9-21(19)29)13-36-17-5-3-4-15(10-17)22(12-23(33)34)37-18-7-8-18/h3-6,9-11,14,18,22H,7-8,12-13H2,1-2H3,(H,33,34). The second-order valence-electron chi connectivity index (χ2n) is 8.99. The average Bonchev–Trinajstić information content (AvgIpc) is 3.62. The zero-order valence-electron chi connectivity index (χ0n) is 20.5. The number of ether oxygens (including phenoxy) is 2. The molecule has 4 nitrogen and oxygen atoms in total. The predicted octanol–water partition coefficient (Wildman–Crippen LogP) is 8.87. The number of halogens is 5. The van der Waals surface area contributed by atoms with Gasteiger partial charge >= 0.3 is 12.1 Å². The van der Waals surface area contributed by atoms with Crippen LogP contribution in [0.3, 0.4) is 0 Å². The Morgan fingerprint density at radius 2 is 1.95 bits per heavy atom. The summed E-state index contributed by atoms with van der Waals surface area (Å²) in [5, 5.41) is 9.50. The number of carbonyl (C=O) groups is 1. The van der Waals surface area contributed by atoms with Crippen LogP contribution in [0.25, 0.3) is 10.4 Å². The summed E-state index contributed by atoms with van der Waals surface area (Å²) in [6.07, 6.45) is -2.56. The first-order valence-electron chi connectivity index (χ1n) is 11.8. The summed E-state index contributed by atoms with van der Waals surface area (Å²) in [4.78, 5) is 11.5. The Balaban J connectivity index is 1.67. The third-order valence-corrected chi connectivity index (χ3v) is 9.35. The Kier molecular flexibility index (Phi) is 8.84. The van der Waals surface area contributed by atoms with Gasteiger partial charge in [-0.25, -0.2) is 4.39 Å². The molecule has 2 aromatic carbocycles. The van der Waals surface area contributed by atoms with E-state index in [1.165, 1.54) is 19.2 Å². The molecule has 0 spiro atoms. The van der Waals surface area contributed by atoms with Gasteiger partial charge in [0.1, 0.15) is 28.3 Å². The molecule has 0 radical (unpaired) electrons. The number of thioether (sulfide) groups is 1. The number of methoxy groups -OCH3 is 1. The van der Waals surface area contributed by atoms with Crippen LogP contribution in [0.1, 0.15) is 54.0 Å². The van der Waals surface area contributed by atoms with Crippen LogP contribution in [0.2, 0.25) is 4.34 Å². The molecule has 1 aromatic heterocycles. The molecule has 2 atom stereocenters. The monoisotopic (exact) mass is 588 g/mol. The van der Waals surface area contributed by atoms with Gasteiger partial charge in [0.2, 0.25) is 0 Å². The third-order valence-electron chi connectivity index (χ3n) is 6.19. The number of aliphatic carboxylic acids is 1. The average molecular weight is 589 g/mol. The van der Waals surface area contributed by atoms with Crippen LogP contribution in [-0.4, -0.2) is 29.6 Å². The highest BCUT2D eigenvalue weighted by atomic mass is 35.5. The molecule has 38 heavy (non-hydrogen) atoms. The van der Waals surface area contributed by atoms with Crippen molar-refractivity contribution in [2.24, 2.45) is 0 Å². The number of benzene rings is 2. The molecule has 1 aliphatic carbocycles. The zero-order valence-corrected chi connectivity index (χ0v) is 22.9. The molecule has 1 N–H and O–H groups in total. The van der Waals surface area contributed by atoms with Gasteiger partial charge in [-0.2, -0.15) is 13.2 Å². The largest absolute Gasteiger partial charge is 0.497 e. The van der Waals surface area contributed by atoms with E-state index in [-0.39, 0.29) is 44.2 Å². The highest BCUT2D eigenvalue weighted by Crippen LogP contribution is 2.49. The predicted molar refractivity (Wildman–Crippen MR) is 142 cm³/mol. The highest BCUT2D eigenvalue weighted by molar-refractivity contribution is 8.00. The molecule has 3 aromatic rings. The van der Waals surface area contributed by atoms with Gasteiger partial charge in [0.05, 0.1) is 19.4 Å². The van der Waals surface area contributed by atoms with E-state index in [0.717, 1.165) is 42.7 Å². The molecule has 11 heteroatoms. The van der Waals surface area contributed by atoms with E-state index in [0.29, 0.717) is 16.7 Å². The summed E-state index contributed by atoms with van der Waals surface area (Å²) in [5.74, 6) is -2.88. The minimum Gasteiger partial charge on any atom is -0.497 e. The summed E-state index contributed by atoms with van der Waals surface area (Å²) in [6.45, 7) is 0.731. The molecule has 0 bridgehead atoms. The van der Waals surface area contributed by atoms with Crippen LogP contribution in [0.15, 0.2) is 42.5 Å². The number of rotatable bonds is 11. The molecule has 0 amide bonds. The Hall–Kier alpha value is -2.43. The van der Waals surface area contributed by atoms with Gasteiger partial charge in [0.25, 0.3) is 0 Å². The molecular formula is C27H25ClF4O4S2. The molecule has 204 valence electrons. The van der Waals surface area contributed by atoms with Crippen molar-refractivity contribution in [2.75, 3.05) is 7.11 Å². The summed E-state index contributed by atoms with van der Waals surface area (Å²) in [5.41, 5.74) is 0.702. The zero-order chi connectivity index (χ0) is 27.6. The van der Waals surface area contributed by atoms with E-state index >= 15 is 0 Å². The highest BCUT2D eigenvalue weighted by Gasteiger charge is 2.41. The van der Waals surface area contributed by atoms with Crippen molar-refractivity contribution in [2.45, 2.75) is 55.4 Å². The van der Waals surface area contributed by atoms with Gasteiger partial charge in [-0.05, 0) is 61.2 Å². The van der Waals surface area contributed by atoms with Crippen molar-refractivity contribution in [1.82, 2.24) is 0 Å². The van der Waals surface area contributed by atoms with Crippen LogP contribution >= 0.6 is 34.7 Å². The number of hydrogen-bond acceptors (Lipinski definition) is 5. The van der Waals surface area contributed by atoms with Crippen LogP contribution in [0.4, 0.5) is 17.6 Å². The van der Waals surface area contributed by atoms with E-state index in [4.69, 9.17) is 21.1 Å². The molecule has 1 heterocycles. The smallest absolute Gasteiger partial charge is 0.395 e. The number of carboxylic acids is 1. The summed E-state index contributed by atoms with van der Waals surface area (Å²) < 4.78 is 67.7. The first-order valence-corrected chi connectivity index (χ1v) is 13.9. The van der Waals surface area contributed by atoms with E-state index < -0.39 is 23.9 Å². The molecular weight excluding hydrogens is 564 g/mol. The van der Waals surface area contributed by atoms with Crippen molar-refractivity contribution in [3.63, 3.8) is 0 Å². The van der Waals surface area contributed by atoms with Crippen molar-refractivity contribution >= 4 is 40.7 Å². The Labute approximate surface area is 230 Å². The van der Waals surface area contributed by atoms with Crippen LogP contribution in [0.5, 0.6) is 11.5 Å². The molecule has 1 aliphatic rings. The maximum atomic E-state index is 14.8. The SMILES string of the molecule is COc1ccc(F)c(-c2sc(Cl)c(COc3cccc(C(CC(=O)O)SC4CC4)c3)c2C(C)C(F)(F)F)c1. The van der Waals surface area contributed by atoms with Gasteiger partial charge < -0.3 is 14.6 Å². The third kappa shape index (κ3) is 6.76. The molecule has 1 saturated carbocycles. The van der Waals surface area contributed by atoms with Crippen LogP contribution in [0, 0.1) is 5.82 Å². The molecule has 2 unspecified atom stereocenters. The fraction of sp³-hybridized carbons (Fsp3) is 0.370. The molecule has 4 rings (SSSR count). The first-order chi connectivity index (χ1) is 18.0. The molecule has 0 saturated heterocycles. The van der Waals surface area contributed by atoms with Gasteiger partial charge in [0.15, 0.2) is 0 Å². The number of hydrogen-bond donors (Lipinski definition) is 1. The molecule has 1 fully saturated rings. The maximum absolute atomic E-state index is 14.8. The van der Waals surface area contributed by atoms with Gasteiger partial charge in [-0.3, -0.25) is 4.79 Å².